The zero-order chi connectivity index (χ0) is 15.0. The molecule has 0 saturated carbocycles. The molecule has 106 valence electrons. The van der Waals surface area contributed by atoms with Crippen molar-refractivity contribution in [3.63, 3.8) is 0 Å². The molecule has 0 saturated heterocycles. The monoisotopic (exact) mass is 318 g/mol. The fourth-order valence-electron chi connectivity index (χ4n) is 1.90. The van der Waals surface area contributed by atoms with E-state index in [1.54, 1.807) is 12.1 Å². The highest BCUT2D eigenvalue weighted by molar-refractivity contribution is 6.33. The standard InChI is InChI=1S/C15H11Cl2F3/c1-7-3-10(11(16)4-8(7)2)14(17)9-5-12(18)15(20)13(19)6-9/h3-6,14H,1-2H3. The first-order chi connectivity index (χ1) is 9.31. The maximum Gasteiger partial charge on any atom is 0.194 e. The molecule has 0 N–H and O–H groups in total. The van der Waals surface area contributed by atoms with E-state index in [1.165, 1.54) is 0 Å². The summed E-state index contributed by atoms with van der Waals surface area (Å²) >= 11 is 12.3. The second-order valence-corrected chi connectivity index (χ2v) is 5.46. The number of halogens is 5. The van der Waals surface area contributed by atoms with E-state index in [9.17, 15) is 13.2 Å². The fraction of sp³-hybridized carbons (Fsp3) is 0.200. The molecule has 0 aromatic heterocycles. The van der Waals surface area contributed by atoms with Gasteiger partial charge < -0.3 is 0 Å². The molecule has 0 fully saturated rings. The first-order valence-electron chi connectivity index (χ1n) is 5.86. The van der Waals surface area contributed by atoms with Gasteiger partial charge in [-0.25, -0.2) is 13.2 Å². The van der Waals surface area contributed by atoms with Crippen LogP contribution in [0.3, 0.4) is 0 Å². The molecule has 0 aliphatic carbocycles. The quantitative estimate of drug-likeness (QED) is 0.492. The minimum atomic E-state index is -1.51. The van der Waals surface area contributed by atoms with Gasteiger partial charge in [0.2, 0.25) is 0 Å². The van der Waals surface area contributed by atoms with Crippen LogP contribution in [0.2, 0.25) is 5.02 Å². The molecule has 1 atom stereocenters. The molecule has 0 radical (unpaired) electrons. The smallest absolute Gasteiger partial charge is 0.194 e. The van der Waals surface area contributed by atoms with E-state index in [1.807, 2.05) is 13.8 Å². The Morgan fingerprint density at radius 3 is 1.95 bits per heavy atom. The van der Waals surface area contributed by atoms with E-state index >= 15 is 0 Å². The Labute approximate surface area is 125 Å². The van der Waals surface area contributed by atoms with Crippen molar-refractivity contribution < 1.29 is 13.2 Å². The number of benzene rings is 2. The summed E-state index contributed by atoms with van der Waals surface area (Å²) in [6.07, 6.45) is 0. The van der Waals surface area contributed by atoms with Crippen molar-refractivity contribution in [2.45, 2.75) is 19.2 Å². The van der Waals surface area contributed by atoms with Gasteiger partial charge in [0.05, 0.1) is 5.38 Å². The predicted octanol–water partition coefficient (Wildman–Crippen LogP) is 5.70. The minimum Gasteiger partial charge on any atom is -0.204 e. The summed E-state index contributed by atoms with van der Waals surface area (Å²) in [7, 11) is 0. The van der Waals surface area contributed by atoms with E-state index in [0.29, 0.717) is 10.6 Å². The molecule has 1 unspecified atom stereocenters. The van der Waals surface area contributed by atoms with Crippen molar-refractivity contribution in [2.75, 3.05) is 0 Å². The average molecular weight is 319 g/mol. The van der Waals surface area contributed by atoms with Gasteiger partial charge in [0.15, 0.2) is 17.5 Å². The van der Waals surface area contributed by atoms with Crippen LogP contribution in [0, 0.1) is 31.3 Å². The summed E-state index contributed by atoms with van der Waals surface area (Å²) < 4.78 is 39.5. The summed E-state index contributed by atoms with van der Waals surface area (Å²) in [6.45, 7) is 3.77. The summed E-state index contributed by atoms with van der Waals surface area (Å²) in [5.41, 5.74) is 2.59. The van der Waals surface area contributed by atoms with E-state index in [0.717, 1.165) is 23.3 Å². The second kappa shape index (κ2) is 5.66. The summed E-state index contributed by atoms with van der Waals surface area (Å²) in [4.78, 5) is 0. The maximum atomic E-state index is 13.3. The molecule has 0 heterocycles. The molecule has 0 nitrogen and oxygen atoms in total. The molecule has 20 heavy (non-hydrogen) atoms. The molecule has 0 amide bonds. The van der Waals surface area contributed by atoms with Crippen LogP contribution in [-0.2, 0) is 0 Å². The molecule has 2 aromatic carbocycles. The topological polar surface area (TPSA) is 0 Å². The van der Waals surface area contributed by atoms with Crippen molar-refractivity contribution in [1.29, 1.82) is 0 Å². The lowest BCUT2D eigenvalue weighted by atomic mass is 9.99. The Bertz CT molecular complexity index is 645. The first kappa shape index (κ1) is 15.2. The van der Waals surface area contributed by atoms with Crippen LogP contribution < -0.4 is 0 Å². The normalized spacial score (nSPS) is 12.6. The van der Waals surface area contributed by atoms with Gasteiger partial charge in [-0.05, 0) is 54.3 Å². The Morgan fingerprint density at radius 1 is 0.900 bits per heavy atom. The van der Waals surface area contributed by atoms with Gasteiger partial charge in [-0.15, -0.1) is 11.6 Å². The van der Waals surface area contributed by atoms with Crippen LogP contribution >= 0.6 is 23.2 Å². The average Bonchev–Trinajstić information content (AvgIpc) is 2.38. The maximum absolute atomic E-state index is 13.3. The van der Waals surface area contributed by atoms with E-state index in [2.05, 4.69) is 0 Å². The third-order valence-electron chi connectivity index (χ3n) is 3.18. The Kier molecular flexibility index (Phi) is 4.31. The lowest BCUT2D eigenvalue weighted by Gasteiger charge is -2.15. The van der Waals surface area contributed by atoms with Crippen LogP contribution in [-0.4, -0.2) is 0 Å². The van der Waals surface area contributed by atoms with Gasteiger partial charge in [0.25, 0.3) is 0 Å². The molecule has 0 spiro atoms. The Balaban J connectivity index is 2.51. The fourth-order valence-corrected chi connectivity index (χ4v) is 2.59. The largest absolute Gasteiger partial charge is 0.204 e. The van der Waals surface area contributed by atoms with Gasteiger partial charge in [0, 0.05) is 5.02 Å². The molecule has 5 heteroatoms. The van der Waals surface area contributed by atoms with Gasteiger partial charge in [0.1, 0.15) is 0 Å². The number of rotatable bonds is 2. The minimum absolute atomic E-state index is 0.119. The highest BCUT2D eigenvalue weighted by Gasteiger charge is 2.19. The zero-order valence-electron chi connectivity index (χ0n) is 10.8. The zero-order valence-corrected chi connectivity index (χ0v) is 12.3. The van der Waals surface area contributed by atoms with Gasteiger partial charge >= 0.3 is 0 Å². The lowest BCUT2D eigenvalue weighted by Crippen LogP contribution is -2.00. The number of hydrogen-bond acceptors (Lipinski definition) is 0. The van der Waals surface area contributed by atoms with Gasteiger partial charge in [-0.3, -0.25) is 0 Å². The van der Waals surface area contributed by atoms with Crippen molar-refractivity contribution in [3.05, 3.63) is 69.0 Å². The number of alkyl halides is 1. The highest BCUT2D eigenvalue weighted by Crippen LogP contribution is 2.36. The van der Waals surface area contributed by atoms with Gasteiger partial charge in [-0.1, -0.05) is 17.7 Å². The Hall–Kier alpha value is -1.19. The van der Waals surface area contributed by atoms with Crippen LogP contribution in [0.4, 0.5) is 13.2 Å². The lowest BCUT2D eigenvalue weighted by molar-refractivity contribution is 0.445. The van der Waals surface area contributed by atoms with Crippen LogP contribution in [0.5, 0.6) is 0 Å². The number of hydrogen-bond donors (Lipinski definition) is 0. The molecular formula is C15H11Cl2F3. The van der Waals surface area contributed by atoms with Crippen LogP contribution in [0.1, 0.15) is 27.6 Å². The predicted molar refractivity (Wildman–Crippen MR) is 74.9 cm³/mol. The van der Waals surface area contributed by atoms with E-state index in [-0.39, 0.29) is 5.56 Å². The van der Waals surface area contributed by atoms with E-state index in [4.69, 9.17) is 23.2 Å². The van der Waals surface area contributed by atoms with Crippen molar-refractivity contribution >= 4 is 23.2 Å². The SMILES string of the molecule is Cc1cc(Cl)c(C(Cl)c2cc(F)c(F)c(F)c2)cc1C. The summed E-state index contributed by atoms with van der Waals surface area (Å²) in [5, 5.41) is -0.454. The molecule has 2 aromatic rings. The molecular weight excluding hydrogens is 308 g/mol. The van der Waals surface area contributed by atoms with Crippen LogP contribution in [0.25, 0.3) is 0 Å². The third-order valence-corrected chi connectivity index (χ3v) is 4.00. The molecule has 0 aliphatic heterocycles. The van der Waals surface area contributed by atoms with Gasteiger partial charge in [-0.2, -0.15) is 0 Å². The molecule has 0 bridgehead atoms. The van der Waals surface area contributed by atoms with Crippen molar-refractivity contribution in [1.82, 2.24) is 0 Å². The first-order valence-corrected chi connectivity index (χ1v) is 6.68. The van der Waals surface area contributed by atoms with Crippen molar-refractivity contribution in [3.8, 4) is 0 Å². The summed E-state index contributed by atoms with van der Waals surface area (Å²) in [6, 6.07) is 5.25. The summed E-state index contributed by atoms with van der Waals surface area (Å²) in [5.74, 6) is -4.06. The molecule has 0 aliphatic rings. The Morgan fingerprint density at radius 2 is 1.40 bits per heavy atom. The highest BCUT2D eigenvalue weighted by atomic mass is 35.5. The second-order valence-electron chi connectivity index (χ2n) is 4.62. The number of aryl methyl sites for hydroxylation is 2. The van der Waals surface area contributed by atoms with Crippen LogP contribution in [0.15, 0.2) is 24.3 Å². The molecule has 2 rings (SSSR count). The third kappa shape index (κ3) is 2.79. The van der Waals surface area contributed by atoms with E-state index < -0.39 is 22.8 Å². The van der Waals surface area contributed by atoms with Crippen molar-refractivity contribution in [2.24, 2.45) is 0 Å².